The zero-order valence-corrected chi connectivity index (χ0v) is 14.6. The molecule has 0 spiro atoms. The van der Waals surface area contributed by atoms with E-state index in [0.29, 0.717) is 16.5 Å². The second-order valence-electron chi connectivity index (χ2n) is 6.24. The van der Waals surface area contributed by atoms with Crippen LogP contribution < -0.4 is 10.2 Å². The minimum Gasteiger partial charge on any atom is -0.395 e. The summed E-state index contributed by atoms with van der Waals surface area (Å²) in [6.45, 7) is -0.128. The van der Waals surface area contributed by atoms with E-state index in [-0.39, 0.29) is 35.7 Å². The minimum absolute atomic E-state index is 0.0929. The first-order valence-corrected chi connectivity index (χ1v) is 8.57. The van der Waals surface area contributed by atoms with Crippen molar-refractivity contribution in [1.29, 1.82) is 0 Å². The van der Waals surface area contributed by atoms with Gasteiger partial charge in [-0.15, -0.1) is 0 Å². The Morgan fingerprint density at radius 3 is 2.39 bits per heavy atom. The maximum Gasteiger partial charge on any atom is 0.293 e. The Hall–Kier alpha value is -3.78. The van der Waals surface area contributed by atoms with Crippen LogP contribution in [-0.4, -0.2) is 35.0 Å². The van der Waals surface area contributed by atoms with Crippen molar-refractivity contribution in [3.05, 3.63) is 75.8 Å². The molecular weight excluding hydrogens is 362 g/mol. The molecule has 1 heterocycles. The van der Waals surface area contributed by atoms with Crippen LogP contribution in [0.2, 0.25) is 0 Å². The largest absolute Gasteiger partial charge is 0.395 e. The zero-order valence-electron chi connectivity index (χ0n) is 14.6. The molecule has 4 rings (SSSR count). The van der Waals surface area contributed by atoms with Gasteiger partial charge in [-0.1, -0.05) is 30.3 Å². The summed E-state index contributed by atoms with van der Waals surface area (Å²) < 4.78 is 0. The van der Waals surface area contributed by atoms with Gasteiger partial charge in [0.15, 0.2) is 0 Å². The summed E-state index contributed by atoms with van der Waals surface area (Å²) in [4.78, 5) is 38.3. The van der Waals surface area contributed by atoms with Crippen LogP contribution >= 0.6 is 0 Å². The molecule has 0 aromatic heterocycles. The second-order valence-corrected chi connectivity index (χ2v) is 6.24. The van der Waals surface area contributed by atoms with E-state index >= 15 is 0 Å². The van der Waals surface area contributed by atoms with Crippen LogP contribution in [-0.2, 0) is 0 Å². The Bertz CT molecular complexity index is 1130. The van der Waals surface area contributed by atoms with E-state index in [9.17, 15) is 19.7 Å². The predicted octanol–water partition coefficient (Wildman–Crippen LogP) is 2.95. The molecule has 0 saturated heterocycles. The lowest BCUT2D eigenvalue weighted by atomic mass is 9.91. The van der Waals surface area contributed by atoms with Crippen LogP contribution in [0.25, 0.3) is 10.8 Å². The summed E-state index contributed by atoms with van der Waals surface area (Å²) in [6.07, 6.45) is 0. The number of rotatable bonds is 5. The lowest BCUT2D eigenvalue weighted by Gasteiger charge is -2.27. The molecule has 0 bridgehead atoms. The normalized spacial score (nSPS) is 13.1. The number of anilines is 2. The van der Waals surface area contributed by atoms with Gasteiger partial charge in [0, 0.05) is 28.9 Å². The van der Waals surface area contributed by atoms with Crippen molar-refractivity contribution in [3.8, 4) is 0 Å². The monoisotopic (exact) mass is 377 g/mol. The highest BCUT2D eigenvalue weighted by Gasteiger charge is 2.36. The molecule has 0 atom stereocenters. The molecule has 28 heavy (non-hydrogen) atoms. The molecular formula is C20H15N3O5. The number of nitro benzene ring substituents is 1. The predicted molar refractivity (Wildman–Crippen MR) is 104 cm³/mol. The average molecular weight is 377 g/mol. The lowest BCUT2D eigenvalue weighted by molar-refractivity contribution is -0.383. The number of aliphatic hydroxyl groups is 1. The molecule has 8 heteroatoms. The van der Waals surface area contributed by atoms with Gasteiger partial charge in [-0.2, -0.15) is 0 Å². The van der Waals surface area contributed by atoms with Crippen molar-refractivity contribution in [2.75, 3.05) is 23.4 Å². The van der Waals surface area contributed by atoms with Crippen molar-refractivity contribution >= 4 is 39.6 Å². The highest BCUT2D eigenvalue weighted by Crippen LogP contribution is 2.41. The number of nitrogens with zero attached hydrogens (tertiary/aromatic N) is 2. The SMILES string of the molecule is O=C1c2cccc3c(NCCO)c([N+](=O)[O-])cc(c23)C(=O)N1c1ccccc1. The third-order valence-electron chi connectivity index (χ3n) is 4.63. The number of nitro groups is 1. The van der Waals surface area contributed by atoms with Gasteiger partial charge in [-0.05, 0) is 18.2 Å². The van der Waals surface area contributed by atoms with Crippen LogP contribution in [0.3, 0.4) is 0 Å². The van der Waals surface area contributed by atoms with E-state index in [1.165, 1.54) is 6.07 Å². The summed E-state index contributed by atoms with van der Waals surface area (Å²) in [7, 11) is 0. The number of nitrogens with one attached hydrogen (secondary N) is 1. The first-order chi connectivity index (χ1) is 13.5. The van der Waals surface area contributed by atoms with E-state index in [2.05, 4.69) is 5.32 Å². The van der Waals surface area contributed by atoms with Gasteiger partial charge in [0.2, 0.25) is 0 Å². The second kappa shape index (κ2) is 6.75. The van der Waals surface area contributed by atoms with Crippen LogP contribution in [0.5, 0.6) is 0 Å². The molecule has 2 amide bonds. The van der Waals surface area contributed by atoms with Crippen molar-refractivity contribution < 1.29 is 19.6 Å². The van der Waals surface area contributed by atoms with Crippen molar-refractivity contribution in [1.82, 2.24) is 0 Å². The summed E-state index contributed by atoms with van der Waals surface area (Å²) >= 11 is 0. The first-order valence-electron chi connectivity index (χ1n) is 8.57. The number of aliphatic hydroxyl groups excluding tert-OH is 1. The highest BCUT2D eigenvalue weighted by atomic mass is 16.6. The van der Waals surface area contributed by atoms with Gasteiger partial charge in [0.1, 0.15) is 5.69 Å². The Kier molecular flexibility index (Phi) is 4.25. The third kappa shape index (κ3) is 2.58. The fraction of sp³-hybridized carbons (Fsp3) is 0.100. The first kappa shape index (κ1) is 17.6. The van der Waals surface area contributed by atoms with Crippen molar-refractivity contribution in [3.63, 3.8) is 0 Å². The van der Waals surface area contributed by atoms with Crippen LogP contribution in [0.4, 0.5) is 17.1 Å². The van der Waals surface area contributed by atoms with Gasteiger partial charge in [-0.3, -0.25) is 19.7 Å². The fourth-order valence-corrected chi connectivity index (χ4v) is 3.47. The fourth-order valence-electron chi connectivity index (χ4n) is 3.47. The minimum atomic E-state index is -0.614. The van der Waals surface area contributed by atoms with Crippen molar-refractivity contribution in [2.45, 2.75) is 0 Å². The number of imide groups is 1. The van der Waals surface area contributed by atoms with Gasteiger partial charge >= 0.3 is 0 Å². The molecule has 140 valence electrons. The quantitative estimate of drug-likeness (QED) is 0.402. The molecule has 0 unspecified atom stereocenters. The summed E-state index contributed by atoms with van der Waals surface area (Å²) in [5, 5.41) is 24.3. The molecule has 1 aliphatic rings. The Morgan fingerprint density at radius 1 is 1.00 bits per heavy atom. The molecule has 0 saturated carbocycles. The highest BCUT2D eigenvalue weighted by molar-refractivity contribution is 6.36. The number of hydrogen-bond donors (Lipinski definition) is 2. The zero-order chi connectivity index (χ0) is 19.8. The number of hydrogen-bond acceptors (Lipinski definition) is 6. The number of carbonyl (C=O) groups is 2. The Balaban J connectivity index is 2.02. The van der Waals surface area contributed by atoms with Crippen LogP contribution in [0.15, 0.2) is 54.6 Å². The molecule has 8 nitrogen and oxygen atoms in total. The Morgan fingerprint density at radius 2 is 1.71 bits per heavy atom. The standard InChI is InChI=1S/C20H15N3O5/c24-10-9-21-18-13-7-4-8-14-17(13)15(11-16(18)23(27)28)20(26)22(19(14)25)12-5-2-1-3-6-12/h1-8,11,21,24H,9-10H2. The average Bonchev–Trinajstić information content (AvgIpc) is 2.71. The molecule has 3 aromatic rings. The van der Waals surface area contributed by atoms with Gasteiger partial charge < -0.3 is 10.4 Å². The molecule has 1 aliphatic heterocycles. The van der Waals surface area contributed by atoms with E-state index < -0.39 is 16.7 Å². The summed E-state index contributed by atoms with van der Waals surface area (Å²) in [6, 6.07) is 14.5. The lowest BCUT2D eigenvalue weighted by Crippen LogP contribution is -2.40. The van der Waals surface area contributed by atoms with Gasteiger partial charge in [0.05, 0.1) is 22.8 Å². The van der Waals surface area contributed by atoms with Gasteiger partial charge in [-0.25, -0.2) is 4.90 Å². The van der Waals surface area contributed by atoms with E-state index in [1.807, 2.05) is 0 Å². The van der Waals surface area contributed by atoms with Crippen molar-refractivity contribution in [2.24, 2.45) is 0 Å². The van der Waals surface area contributed by atoms with E-state index in [0.717, 1.165) is 4.90 Å². The molecule has 3 aromatic carbocycles. The van der Waals surface area contributed by atoms with E-state index in [4.69, 9.17) is 5.11 Å². The third-order valence-corrected chi connectivity index (χ3v) is 4.63. The molecule has 0 fully saturated rings. The number of carbonyl (C=O) groups excluding carboxylic acids is 2. The summed E-state index contributed by atoms with van der Waals surface area (Å²) in [5.41, 5.74) is 0.663. The maximum atomic E-state index is 13.1. The number of benzene rings is 3. The van der Waals surface area contributed by atoms with Gasteiger partial charge in [0.25, 0.3) is 17.5 Å². The molecule has 0 aliphatic carbocycles. The number of amides is 2. The van der Waals surface area contributed by atoms with E-state index in [1.54, 1.807) is 48.5 Å². The summed E-state index contributed by atoms with van der Waals surface area (Å²) in [5.74, 6) is -1.10. The maximum absolute atomic E-state index is 13.1. The van der Waals surface area contributed by atoms with Crippen LogP contribution in [0, 0.1) is 10.1 Å². The Labute approximate surface area is 159 Å². The topological polar surface area (TPSA) is 113 Å². The molecule has 0 radical (unpaired) electrons. The molecule has 2 N–H and O–H groups in total. The number of para-hydroxylation sites is 1. The smallest absolute Gasteiger partial charge is 0.293 e. The van der Waals surface area contributed by atoms with Crippen LogP contribution in [0.1, 0.15) is 20.7 Å².